The Morgan fingerprint density at radius 2 is 1.78 bits per heavy atom. The fraction of sp³-hybridized carbons (Fsp3) is 0.640. The number of likely N-dealkylation sites (N-methyl/N-ethyl adjacent to an activating group) is 1. The summed E-state index contributed by atoms with van der Waals surface area (Å²) in [6, 6.07) is 9.36. The Kier molecular flexibility index (Phi) is 9.66. The average Bonchev–Trinajstić information content (AvgIpc) is 2.81. The standard InChI is InChI=1S/C25H39N5O6/c1-6-29-20(12-13-30(23(29)34-5)35-17-18-10-8-7-9-11-18)22(32)27-26-21(31)14-19-15-28(16-19)24(33)36-25(2,3)4/h7-11,19-20,23H,6,12-17H2,1-5H3,(H,26,31)(H,27,32). The van der Waals surface area contributed by atoms with Gasteiger partial charge in [0.15, 0.2) is 6.35 Å². The van der Waals surface area contributed by atoms with Crippen molar-refractivity contribution in [2.75, 3.05) is 33.3 Å². The molecule has 0 spiro atoms. The Hall–Kier alpha value is -2.73. The van der Waals surface area contributed by atoms with Gasteiger partial charge in [0.1, 0.15) is 5.60 Å². The molecule has 3 amide bonds. The van der Waals surface area contributed by atoms with Crippen LogP contribution < -0.4 is 10.9 Å². The van der Waals surface area contributed by atoms with Gasteiger partial charge in [-0.2, -0.15) is 0 Å². The number of hydrogen-bond acceptors (Lipinski definition) is 8. The van der Waals surface area contributed by atoms with Crippen molar-refractivity contribution in [2.24, 2.45) is 5.92 Å². The predicted octanol–water partition coefficient (Wildman–Crippen LogP) is 1.85. The van der Waals surface area contributed by atoms with Crippen LogP contribution in [0.2, 0.25) is 0 Å². The summed E-state index contributed by atoms with van der Waals surface area (Å²) < 4.78 is 11.0. The van der Waals surface area contributed by atoms with E-state index in [-0.39, 0.29) is 30.2 Å². The molecule has 1 aromatic carbocycles. The van der Waals surface area contributed by atoms with Crippen molar-refractivity contribution in [1.82, 2.24) is 25.7 Å². The molecule has 2 N–H and O–H groups in total. The van der Waals surface area contributed by atoms with E-state index in [1.165, 1.54) is 0 Å². The summed E-state index contributed by atoms with van der Waals surface area (Å²) in [6.07, 6.45) is -0.187. The molecular formula is C25H39N5O6. The minimum absolute atomic E-state index is 0.0319. The minimum Gasteiger partial charge on any atom is -0.444 e. The van der Waals surface area contributed by atoms with Crippen molar-refractivity contribution in [1.29, 1.82) is 0 Å². The number of hydroxylamine groups is 2. The van der Waals surface area contributed by atoms with Gasteiger partial charge in [-0.05, 0) is 39.3 Å². The summed E-state index contributed by atoms with van der Waals surface area (Å²) in [5.74, 6) is -0.574. The van der Waals surface area contributed by atoms with E-state index in [0.29, 0.717) is 39.2 Å². The Morgan fingerprint density at radius 1 is 1.08 bits per heavy atom. The monoisotopic (exact) mass is 505 g/mol. The van der Waals surface area contributed by atoms with Gasteiger partial charge in [0.25, 0.3) is 5.91 Å². The molecule has 2 saturated heterocycles. The quantitative estimate of drug-likeness (QED) is 0.515. The Bertz CT molecular complexity index is 887. The molecule has 0 radical (unpaired) electrons. The first kappa shape index (κ1) is 27.9. The van der Waals surface area contributed by atoms with Crippen LogP contribution in [0, 0.1) is 5.92 Å². The maximum atomic E-state index is 12.9. The van der Waals surface area contributed by atoms with Gasteiger partial charge >= 0.3 is 6.09 Å². The number of carbonyl (C=O) groups is 3. The summed E-state index contributed by atoms with van der Waals surface area (Å²) in [5, 5.41) is 1.74. The lowest BCUT2D eigenvalue weighted by Gasteiger charge is -2.45. The van der Waals surface area contributed by atoms with Crippen molar-refractivity contribution in [3.05, 3.63) is 35.9 Å². The number of ether oxygens (including phenoxy) is 2. The molecule has 1 aromatic rings. The molecule has 2 unspecified atom stereocenters. The average molecular weight is 506 g/mol. The van der Waals surface area contributed by atoms with Gasteiger partial charge in [-0.25, -0.2) is 4.79 Å². The number of methoxy groups -OCH3 is 1. The first-order valence-corrected chi connectivity index (χ1v) is 12.4. The normalized spacial score (nSPS) is 21.5. The second kappa shape index (κ2) is 12.5. The van der Waals surface area contributed by atoms with Gasteiger partial charge in [0.05, 0.1) is 12.6 Å². The van der Waals surface area contributed by atoms with E-state index in [1.54, 1.807) is 17.1 Å². The number of amides is 3. The molecule has 2 atom stereocenters. The molecule has 2 aliphatic heterocycles. The maximum Gasteiger partial charge on any atom is 0.410 e. The largest absolute Gasteiger partial charge is 0.444 e. The van der Waals surface area contributed by atoms with E-state index in [2.05, 4.69) is 10.9 Å². The fourth-order valence-corrected chi connectivity index (χ4v) is 4.32. The number of nitrogens with one attached hydrogen (secondary N) is 2. The molecule has 11 heteroatoms. The van der Waals surface area contributed by atoms with E-state index >= 15 is 0 Å². The van der Waals surface area contributed by atoms with Crippen molar-refractivity contribution in [3.8, 4) is 0 Å². The molecule has 2 fully saturated rings. The molecule has 2 aliphatic rings. The highest BCUT2D eigenvalue weighted by atomic mass is 16.7. The molecular weight excluding hydrogens is 466 g/mol. The van der Waals surface area contributed by atoms with Crippen LogP contribution in [0.5, 0.6) is 0 Å². The van der Waals surface area contributed by atoms with E-state index in [4.69, 9.17) is 14.3 Å². The van der Waals surface area contributed by atoms with Crippen molar-refractivity contribution in [3.63, 3.8) is 0 Å². The molecule has 0 aromatic heterocycles. The van der Waals surface area contributed by atoms with Gasteiger partial charge in [-0.1, -0.05) is 37.3 Å². The molecule has 0 aliphatic carbocycles. The number of hydrogen-bond donors (Lipinski definition) is 2. The van der Waals surface area contributed by atoms with Crippen molar-refractivity contribution >= 4 is 17.9 Å². The van der Waals surface area contributed by atoms with Crippen LogP contribution in [0.4, 0.5) is 4.79 Å². The van der Waals surface area contributed by atoms with Gasteiger partial charge in [-0.15, -0.1) is 5.06 Å². The van der Waals surface area contributed by atoms with Crippen LogP contribution >= 0.6 is 0 Å². The van der Waals surface area contributed by atoms with Crippen molar-refractivity contribution < 1.29 is 28.7 Å². The number of nitrogens with zero attached hydrogens (tertiary/aromatic N) is 3. The highest BCUT2D eigenvalue weighted by Gasteiger charge is 2.40. The van der Waals surface area contributed by atoms with Crippen LogP contribution in [0.25, 0.3) is 0 Å². The molecule has 36 heavy (non-hydrogen) atoms. The van der Waals surface area contributed by atoms with Crippen LogP contribution in [0.1, 0.15) is 46.1 Å². The minimum atomic E-state index is -0.553. The zero-order valence-corrected chi connectivity index (χ0v) is 21.9. The zero-order chi connectivity index (χ0) is 26.3. The second-order valence-electron chi connectivity index (χ2n) is 10.1. The van der Waals surface area contributed by atoms with E-state index in [1.807, 2.05) is 62.9 Å². The van der Waals surface area contributed by atoms with Gasteiger partial charge in [0, 0.05) is 39.1 Å². The summed E-state index contributed by atoms with van der Waals surface area (Å²) in [4.78, 5) is 46.7. The third kappa shape index (κ3) is 7.63. The van der Waals surface area contributed by atoms with Gasteiger partial charge < -0.3 is 14.4 Å². The number of likely N-dealkylation sites (tertiary alicyclic amines) is 1. The lowest BCUT2D eigenvalue weighted by molar-refractivity contribution is -0.316. The van der Waals surface area contributed by atoms with Crippen LogP contribution in [0.3, 0.4) is 0 Å². The van der Waals surface area contributed by atoms with Crippen LogP contribution in [0.15, 0.2) is 30.3 Å². The first-order valence-electron chi connectivity index (χ1n) is 12.4. The number of carbonyl (C=O) groups excluding carboxylic acids is 3. The molecule has 3 rings (SSSR count). The Balaban J connectivity index is 1.43. The summed E-state index contributed by atoms with van der Waals surface area (Å²) in [7, 11) is 1.58. The number of rotatable bonds is 8. The molecule has 0 saturated carbocycles. The lowest BCUT2D eigenvalue weighted by atomic mass is 9.97. The SMILES string of the molecule is CCN1C(C(=O)NNC(=O)CC2CN(C(=O)OC(C)(C)C)C2)CCN(OCc2ccccc2)C1OC. The highest BCUT2D eigenvalue weighted by Crippen LogP contribution is 2.23. The molecule has 200 valence electrons. The summed E-state index contributed by atoms with van der Waals surface area (Å²) in [6.45, 7) is 9.75. The third-order valence-electron chi connectivity index (χ3n) is 6.08. The second-order valence-corrected chi connectivity index (χ2v) is 10.1. The highest BCUT2D eigenvalue weighted by molar-refractivity contribution is 5.85. The molecule has 2 heterocycles. The van der Waals surface area contributed by atoms with E-state index in [0.717, 1.165) is 5.56 Å². The molecule has 0 bridgehead atoms. The predicted molar refractivity (Wildman–Crippen MR) is 132 cm³/mol. The third-order valence-corrected chi connectivity index (χ3v) is 6.08. The fourth-order valence-electron chi connectivity index (χ4n) is 4.32. The first-order chi connectivity index (χ1) is 17.1. The zero-order valence-electron chi connectivity index (χ0n) is 21.9. The number of benzene rings is 1. The van der Waals surface area contributed by atoms with E-state index in [9.17, 15) is 14.4 Å². The number of hydrazine groups is 1. The van der Waals surface area contributed by atoms with Gasteiger partial charge in [-0.3, -0.25) is 30.2 Å². The summed E-state index contributed by atoms with van der Waals surface area (Å²) >= 11 is 0. The lowest BCUT2D eigenvalue weighted by Crippen LogP contribution is -2.63. The maximum absolute atomic E-state index is 12.9. The smallest absolute Gasteiger partial charge is 0.410 e. The van der Waals surface area contributed by atoms with Crippen LogP contribution in [-0.2, 0) is 30.5 Å². The Morgan fingerprint density at radius 3 is 2.39 bits per heavy atom. The Labute approximate surface area is 212 Å². The van der Waals surface area contributed by atoms with Crippen LogP contribution in [-0.4, -0.2) is 84.1 Å². The molecule has 11 nitrogen and oxygen atoms in total. The topological polar surface area (TPSA) is 113 Å². The summed E-state index contributed by atoms with van der Waals surface area (Å²) in [5.41, 5.74) is 5.55. The van der Waals surface area contributed by atoms with Crippen molar-refractivity contribution in [2.45, 2.75) is 65.1 Å². The van der Waals surface area contributed by atoms with Gasteiger partial charge in [0.2, 0.25) is 5.91 Å². The van der Waals surface area contributed by atoms with E-state index < -0.39 is 18.0 Å².